The monoisotopic (exact) mass is 514 g/mol. The maximum atomic E-state index is 12.5. The van der Waals surface area contributed by atoms with E-state index in [1.54, 1.807) is 31.2 Å². The Morgan fingerprint density at radius 3 is 1.81 bits per heavy atom. The Bertz CT molecular complexity index is 843. The predicted molar refractivity (Wildman–Crippen MR) is 123 cm³/mol. The molecule has 1 aromatic carbocycles. The third kappa shape index (κ3) is 10.5. The van der Waals surface area contributed by atoms with E-state index in [0.29, 0.717) is 0 Å². The summed E-state index contributed by atoms with van der Waals surface area (Å²) in [6, 6.07) is 8.91. The van der Waals surface area contributed by atoms with Gasteiger partial charge in [-0.2, -0.15) is 0 Å². The summed E-state index contributed by atoms with van der Waals surface area (Å²) in [5.74, 6) is -1.56. The summed E-state index contributed by atoms with van der Waals surface area (Å²) >= 11 is 0. The lowest BCUT2D eigenvalue weighted by Crippen LogP contribution is -2.41. The molecule has 0 aliphatic rings. The third-order valence-electron chi connectivity index (χ3n) is 4.86. The molecule has 0 heterocycles. The second-order valence-electron chi connectivity index (χ2n) is 8.27. The van der Waals surface area contributed by atoms with Crippen LogP contribution in [0.4, 0.5) is 9.59 Å². The Kier molecular flexibility index (Phi) is 13.3. The minimum atomic E-state index is -1.57. The number of benzene rings is 1. The van der Waals surface area contributed by atoms with Gasteiger partial charge in [-0.1, -0.05) is 30.3 Å². The van der Waals surface area contributed by atoms with Crippen molar-refractivity contribution in [3.8, 4) is 0 Å². The van der Waals surface area contributed by atoms with Gasteiger partial charge in [-0.15, -0.1) is 0 Å². The summed E-state index contributed by atoms with van der Waals surface area (Å²) in [4.78, 5) is 48.7. The molecular formula is C24H34O12. The number of aliphatic hydroxyl groups is 1. The Morgan fingerprint density at radius 2 is 1.28 bits per heavy atom. The number of aliphatic hydroxyl groups excluding tert-OH is 1. The van der Waals surface area contributed by atoms with Gasteiger partial charge in [0.1, 0.15) is 43.9 Å². The molecule has 0 aromatic heterocycles. The highest BCUT2D eigenvalue weighted by Crippen LogP contribution is 2.23. The Labute approximate surface area is 209 Å². The van der Waals surface area contributed by atoms with E-state index in [2.05, 4.69) is 0 Å². The second-order valence-corrected chi connectivity index (χ2v) is 8.27. The molecule has 0 aliphatic carbocycles. The van der Waals surface area contributed by atoms with E-state index in [-0.39, 0.29) is 26.4 Å². The molecule has 12 heteroatoms. The van der Waals surface area contributed by atoms with Gasteiger partial charge in [0.15, 0.2) is 0 Å². The maximum Gasteiger partial charge on any atom is 0.508 e. The molecule has 36 heavy (non-hydrogen) atoms. The molecule has 0 fully saturated rings. The summed E-state index contributed by atoms with van der Waals surface area (Å²) in [6.07, 6.45) is -2.26. The van der Waals surface area contributed by atoms with Crippen molar-refractivity contribution < 1.29 is 57.4 Å². The molecule has 0 aliphatic heterocycles. The molecule has 0 spiro atoms. The molecule has 2 atom stereocenters. The number of carbonyl (C=O) groups is 4. The van der Waals surface area contributed by atoms with Gasteiger partial charge in [-0.3, -0.25) is 9.59 Å². The number of methoxy groups -OCH3 is 1. The first-order valence-electron chi connectivity index (χ1n) is 11.2. The average molecular weight is 515 g/mol. The number of hydrogen-bond acceptors (Lipinski definition) is 12. The average Bonchev–Trinajstić information content (AvgIpc) is 2.88. The van der Waals surface area contributed by atoms with Crippen molar-refractivity contribution in [1.82, 2.24) is 0 Å². The second kappa shape index (κ2) is 15.6. The molecule has 0 radical (unpaired) electrons. The standard InChI is InChI=1S/C24H34O12/c1-5-31-20(27)24(3,16-35-21(28)32-12-11-30-4)17-36-22(29)34-15-23(2,14-25)19(26)33-13-18-9-7-6-8-10-18/h6-10,25H,5,11-17H2,1-4H3. The van der Waals surface area contributed by atoms with Gasteiger partial charge in [0.05, 0.1) is 19.8 Å². The lowest BCUT2D eigenvalue weighted by Gasteiger charge is -2.27. The van der Waals surface area contributed by atoms with Crippen LogP contribution in [-0.2, 0) is 49.4 Å². The molecule has 0 amide bonds. The van der Waals surface area contributed by atoms with Gasteiger partial charge in [-0.25, -0.2) is 9.59 Å². The van der Waals surface area contributed by atoms with Crippen molar-refractivity contribution in [3.63, 3.8) is 0 Å². The summed E-state index contributed by atoms with van der Waals surface area (Å²) in [5, 5.41) is 9.69. The zero-order valence-corrected chi connectivity index (χ0v) is 21.0. The smallest absolute Gasteiger partial charge is 0.465 e. The van der Waals surface area contributed by atoms with Gasteiger partial charge in [-0.05, 0) is 26.3 Å². The van der Waals surface area contributed by atoms with Crippen LogP contribution >= 0.6 is 0 Å². The lowest BCUT2D eigenvalue weighted by atomic mass is 9.93. The fourth-order valence-corrected chi connectivity index (χ4v) is 2.48. The molecular weight excluding hydrogens is 480 g/mol. The molecule has 2 unspecified atom stereocenters. The lowest BCUT2D eigenvalue weighted by molar-refractivity contribution is -0.162. The predicted octanol–water partition coefficient (Wildman–Crippen LogP) is 2.25. The van der Waals surface area contributed by atoms with Crippen LogP contribution in [0.1, 0.15) is 26.3 Å². The molecule has 12 nitrogen and oxygen atoms in total. The normalized spacial score (nSPS) is 13.9. The first-order valence-corrected chi connectivity index (χ1v) is 11.2. The molecule has 1 aromatic rings. The van der Waals surface area contributed by atoms with E-state index in [1.807, 2.05) is 6.07 Å². The Balaban J connectivity index is 2.63. The van der Waals surface area contributed by atoms with Gasteiger partial charge < -0.3 is 38.3 Å². The van der Waals surface area contributed by atoms with E-state index in [4.69, 9.17) is 33.2 Å². The zero-order valence-electron chi connectivity index (χ0n) is 21.0. The fourth-order valence-electron chi connectivity index (χ4n) is 2.48. The quantitative estimate of drug-likeness (QED) is 0.207. The van der Waals surface area contributed by atoms with Crippen LogP contribution in [0, 0.1) is 10.8 Å². The summed E-state index contributed by atoms with van der Waals surface area (Å²) in [5.41, 5.74) is -2.37. The van der Waals surface area contributed by atoms with Crippen LogP contribution in [0.3, 0.4) is 0 Å². The topological polar surface area (TPSA) is 153 Å². The van der Waals surface area contributed by atoms with Crippen molar-refractivity contribution >= 4 is 24.2 Å². The maximum absolute atomic E-state index is 12.5. The van der Waals surface area contributed by atoms with Crippen LogP contribution < -0.4 is 0 Å². The SMILES string of the molecule is CCOC(=O)C(C)(COC(=O)OCCOC)COC(=O)OCC(C)(CO)C(=O)OCc1ccccc1. The minimum absolute atomic E-state index is 0.0223. The van der Waals surface area contributed by atoms with Gasteiger partial charge in [0.25, 0.3) is 0 Å². The van der Waals surface area contributed by atoms with E-state index < -0.39 is 61.5 Å². The summed E-state index contributed by atoms with van der Waals surface area (Å²) in [6.45, 7) is 2.15. The van der Waals surface area contributed by atoms with Crippen molar-refractivity contribution in [2.24, 2.45) is 10.8 Å². The number of esters is 2. The van der Waals surface area contributed by atoms with E-state index in [1.165, 1.54) is 21.0 Å². The van der Waals surface area contributed by atoms with Crippen LogP contribution in [-0.4, -0.2) is 82.7 Å². The minimum Gasteiger partial charge on any atom is -0.465 e. The number of ether oxygens (including phenoxy) is 7. The van der Waals surface area contributed by atoms with Crippen LogP contribution in [0.2, 0.25) is 0 Å². The van der Waals surface area contributed by atoms with Crippen molar-refractivity contribution in [2.75, 3.05) is 53.4 Å². The van der Waals surface area contributed by atoms with E-state index >= 15 is 0 Å². The molecule has 0 saturated carbocycles. The van der Waals surface area contributed by atoms with Crippen molar-refractivity contribution in [2.45, 2.75) is 27.4 Å². The van der Waals surface area contributed by atoms with E-state index in [9.17, 15) is 24.3 Å². The third-order valence-corrected chi connectivity index (χ3v) is 4.86. The van der Waals surface area contributed by atoms with Crippen LogP contribution in [0.5, 0.6) is 0 Å². The molecule has 0 bridgehead atoms. The highest BCUT2D eigenvalue weighted by atomic mass is 16.7. The zero-order chi connectivity index (χ0) is 27.0. The Morgan fingerprint density at radius 1 is 0.750 bits per heavy atom. The highest BCUT2D eigenvalue weighted by molar-refractivity contribution is 5.78. The van der Waals surface area contributed by atoms with Gasteiger partial charge >= 0.3 is 24.2 Å². The number of carbonyl (C=O) groups excluding carboxylic acids is 4. The molecule has 0 saturated heterocycles. The van der Waals surface area contributed by atoms with E-state index in [0.717, 1.165) is 5.56 Å². The number of hydrogen-bond donors (Lipinski definition) is 1. The van der Waals surface area contributed by atoms with Gasteiger partial charge in [0, 0.05) is 7.11 Å². The first-order chi connectivity index (χ1) is 17.1. The summed E-state index contributed by atoms with van der Waals surface area (Å²) in [7, 11) is 1.43. The largest absolute Gasteiger partial charge is 0.508 e. The highest BCUT2D eigenvalue weighted by Gasteiger charge is 2.40. The van der Waals surface area contributed by atoms with Crippen molar-refractivity contribution in [1.29, 1.82) is 0 Å². The van der Waals surface area contributed by atoms with Gasteiger partial charge in [0.2, 0.25) is 0 Å². The molecule has 1 rings (SSSR count). The fraction of sp³-hybridized carbons (Fsp3) is 0.583. The van der Waals surface area contributed by atoms with Crippen molar-refractivity contribution in [3.05, 3.63) is 35.9 Å². The summed E-state index contributed by atoms with van der Waals surface area (Å²) < 4.78 is 34.6. The van der Waals surface area contributed by atoms with Crippen LogP contribution in [0.25, 0.3) is 0 Å². The molecule has 202 valence electrons. The Hall–Kier alpha value is -3.38. The van der Waals surface area contributed by atoms with Crippen LogP contribution in [0.15, 0.2) is 30.3 Å². The first kappa shape index (κ1) is 30.7. The number of rotatable bonds is 15. The molecule has 1 N–H and O–H groups in total.